The van der Waals surface area contributed by atoms with Gasteiger partial charge in [-0.2, -0.15) is 0 Å². The summed E-state index contributed by atoms with van der Waals surface area (Å²) in [6, 6.07) is 0. The third kappa shape index (κ3) is 5.63. The molecule has 0 radical (unpaired) electrons. The van der Waals surface area contributed by atoms with Gasteiger partial charge in [0.05, 0.1) is 6.61 Å². The van der Waals surface area contributed by atoms with Gasteiger partial charge in [0.15, 0.2) is 0 Å². The summed E-state index contributed by atoms with van der Waals surface area (Å²) in [5.41, 5.74) is 0. The third-order valence-corrected chi connectivity index (χ3v) is 0.852. The van der Waals surface area contributed by atoms with Gasteiger partial charge >= 0.3 is 0 Å². The molecule has 0 saturated carbocycles. The van der Waals surface area contributed by atoms with Crippen LogP contribution in [0.2, 0.25) is 0 Å². The lowest BCUT2D eigenvalue weighted by Gasteiger charge is -1.85. The number of unbranched alkanes of at least 4 members (excludes halogenated alkanes) is 1. The Bertz CT molecular complexity index is 61.5. The third-order valence-electron chi connectivity index (χ3n) is 0.852. The van der Waals surface area contributed by atoms with Gasteiger partial charge in [-0.05, 0) is 6.42 Å². The van der Waals surface area contributed by atoms with Crippen LogP contribution in [-0.4, -0.2) is 24.5 Å². The summed E-state index contributed by atoms with van der Waals surface area (Å²) in [5, 5.41) is 8.22. The lowest BCUT2D eigenvalue weighted by Crippen LogP contribution is -1.84. The van der Waals surface area contributed by atoms with Crippen LogP contribution in [0, 0.1) is 0 Å². The van der Waals surface area contributed by atoms with Gasteiger partial charge in [0.1, 0.15) is 0 Å². The molecular weight excluding hydrogens is 102 g/mol. The van der Waals surface area contributed by atoms with Crippen molar-refractivity contribution in [2.45, 2.75) is 19.8 Å². The molecule has 0 unspecified atom stereocenters. The topological polar surface area (TPSA) is 32.6 Å². The Balaban J connectivity index is 2.80. The summed E-state index contributed by atoms with van der Waals surface area (Å²) in [7, 11) is 0. The van der Waals surface area contributed by atoms with Crippen LogP contribution >= 0.6 is 0 Å². The molecule has 48 valence electrons. The van der Waals surface area contributed by atoms with Gasteiger partial charge in [0.25, 0.3) is 0 Å². The smallest absolute Gasteiger partial charge is 0.0779 e. The number of aliphatic hydroxyl groups is 1. The van der Waals surface area contributed by atoms with E-state index < -0.39 is 0 Å². The van der Waals surface area contributed by atoms with Gasteiger partial charge < -0.3 is 5.11 Å². The van der Waals surface area contributed by atoms with Crippen LogP contribution in [0.4, 0.5) is 0 Å². The normalized spacial score (nSPS) is 10.8. The van der Waals surface area contributed by atoms with Crippen LogP contribution in [0.1, 0.15) is 19.8 Å². The molecule has 2 nitrogen and oxygen atoms in total. The molecular formula is C6H13NO. The molecule has 0 heterocycles. The number of hydrogen-bond acceptors (Lipinski definition) is 2. The van der Waals surface area contributed by atoms with Crippen LogP contribution in [0.15, 0.2) is 4.99 Å². The van der Waals surface area contributed by atoms with Crippen molar-refractivity contribution in [3.05, 3.63) is 0 Å². The molecule has 0 aliphatic rings. The summed E-state index contributed by atoms with van der Waals surface area (Å²) >= 11 is 0. The molecule has 0 aromatic heterocycles. The van der Waals surface area contributed by atoms with Gasteiger partial charge in [-0.1, -0.05) is 13.3 Å². The second kappa shape index (κ2) is 6.63. The van der Waals surface area contributed by atoms with E-state index in [1.54, 1.807) is 0 Å². The summed E-state index contributed by atoms with van der Waals surface area (Å²) in [6.07, 6.45) is 3.83. The predicted octanol–water partition coefficient (Wildman–Crippen LogP) is 0.850. The van der Waals surface area contributed by atoms with E-state index in [4.69, 9.17) is 5.11 Å². The SMILES string of the molecule is CCCCN=CCO. The lowest BCUT2D eigenvalue weighted by atomic mass is 10.3. The van der Waals surface area contributed by atoms with Gasteiger partial charge in [-0.25, -0.2) is 0 Å². The van der Waals surface area contributed by atoms with E-state index in [0.717, 1.165) is 13.0 Å². The molecule has 1 N–H and O–H groups in total. The average molecular weight is 115 g/mol. The minimum Gasteiger partial charge on any atom is -0.391 e. The second-order valence-electron chi connectivity index (χ2n) is 1.62. The molecule has 8 heavy (non-hydrogen) atoms. The van der Waals surface area contributed by atoms with E-state index in [9.17, 15) is 0 Å². The maximum atomic E-state index is 8.22. The average Bonchev–Trinajstić information content (AvgIpc) is 1.81. The number of nitrogens with zero attached hydrogens (tertiary/aromatic N) is 1. The van der Waals surface area contributed by atoms with Gasteiger partial charge in [0, 0.05) is 12.8 Å². The molecule has 0 aliphatic carbocycles. The van der Waals surface area contributed by atoms with Gasteiger partial charge in [-0.15, -0.1) is 0 Å². The second-order valence-corrected chi connectivity index (χ2v) is 1.62. The zero-order chi connectivity index (χ0) is 6.24. The molecule has 0 bridgehead atoms. The minimum atomic E-state index is 0.0731. The molecule has 2 heteroatoms. The van der Waals surface area contributed by atoms with Gasteiger partial charge in [0.2, 0.25) is 0 Å². The fourth-order valence-electron chi connectivity index (χ4n) is 0.398. The Morgan fingerprint density at radius 3 is 2.88 bits per heavy atom. The molecule has 0 saturated heterocycles. The molecule has 0 aliphatic heterocycles. The van der Waals surface area contributed by atoms with Crippen molar-refractivity contribution in [2.75, 3.05) is 13.2 Å². The van der Waals surface area contributed by atoms with E-state index in [2.05, 4.69) is 11.9 Å². The first-order chi connectivity index (χ1) is 3.91. The van der Waals surface area contributed by atoms with Crippen LogP contribution < -0.4 is 0 Å². The molecule has 0 fully saturated rings. The summed E-state index contributed by atoms with van der Waals surface area (Å²) in [5.74, 6) is 0. The highest BCUT2D eigenvalue weighted by Gasteiger charge is 1.75. The zero-order valence-electron chi connectivity index (χ0n) is 5.30. The Morgan fingerprint density at radius 1 is 1.62 bits per heavy atom. The molecule has 0 rings (SSSR count). The Morgan fingerprint density at radius 2 is 2.38 bits per heavy atom. The molecule has 0 spiro atoms. The quantitative estimate of drug-likeness (QED) is 0.427. The minimum absolute atomic E-state index is 0.0731. The van der Waals surface area contributed by atoms with Crippen molar-refractivity contribution in [3.63, 3.8) is 0 Å². The van der Waals surface area contributed by atoms with Crippen LogP contribution in [0.5, 0.6) is 0 Å². The summed E-state index contributed by atoms with van der Waals surface area (Å²) < 4.78 is 0. The van der Waals surface area contributed by atoms with Crippen LogP contribution in [-0.2, 0) is 0 Å². The van der Waals surface area contributed by atoms with E-state index in [-0.39, 0.29) is 6.61 Å². The maximum Gasteiger partial charge on any atom is 0.0779 e. The van der Waals surface area contributed by atoms with E-state index >= 15 is 0 Å². The summed E-state index contributed by atoms with van der Waals surface area (Å²) in [6.45, 7) is 3.05. The van der Waals surface area contributed by atoms with Gasteiger partial charge in [-0.3, -0.25) is 4.99 Å². The van der Waals surface area contributed by atoms with E-state index in [1.165, 1.54) is 12.6 Å². The van der Waals surface area contributed by atoms with Crippen molar-refractivity contribution < 1.29 is 5.11 Å². The Hall–Kier alpha value is -0.370. The van der Waals surface area contributed by atoms with Crippen molar-refractivity contribution in [1.82, 2.24) is 0 Å². The fraction of sp³-hybridized carbons (Fsp3) is 0.833. The van der Waals surface area contributed by atoms with Crippen molar-refractivity contribution >= 4 is 6.21 Å². The number of hydrogen-bond donors (Lipinski definition) is 1. The zero-order valence-corrected chi connectivity index (χ0v) is 5.30. The largest absolute Gasteiger partial charge is 0.391 e. The maximum absolute atomic E-state index is 8.22. The Labute approximate surface area is 50.3 Å². The summed E-state index contributed by atoms with van der Waals surface area (Å²) in [4.78, 5) is 3.90. The van der Waals surface area contributed by atoms with Crippen molar-refractivity contribution in [1.29, 1.82) is 0 Å². The highest BCUT2D eigenvalue weighted by molar-refractivity contribution is 5.57. The van der Waals surface area contributed by atoms with Crippen LogP contribution in [0.3, 0.4) is 0 Å². The number of aliphatic hydroxyl groups excluding tert-OH is 1. The number of rotatable bonds is 4. The van der Waals surface area contributed by atoms with E-state index in [1.807, 2.05) is 0 Å². The van der Waals surface area contributed by atoms with E-state index in [0.29, 0.717) is 0 Å². The lowest BCUT2D eigenvalue weighted by molar-refractivity contribution is 0.361. The first kappa shape index (κ1) is 7.63. The van der Waals surface area contributed by atoms with Crippen LogP contribution in [0.25, 0.3) is 0 Å². The Kier molecular flexibility index (Phi) is 6.32. The molecule has 0 aromatic rings. The highest BCUT2D eigenvalue weighted by Crippen LogP contribution is 1.84. The molecule has 0 amide bonds. The first-order valence-electron chi connectivity index (χ1n) is 3.01. The van der Waals surface area contributed by atoms with Crippen molar-refractivity contribution in [2.24, 2.45) is 4.99 Å². The molecule has 0 aromatic carbocycles. The molecule has 0 atom stereocenters. The van der Waals surface area contributed by atoms with Crippen molar-refractivity contribution in [3.8, 4) is 0 Å². The monoisotopic (exact) mass is 115 g/mol. The number of aliphatic imine (C=N–C) groups is 1. The fourth-order valence-corrected chi connectivity index (χ4v) is 0.398. The standard InChI is InChI=1S/C6H13NO/c1-2-3-4-7-5-6-8/h5,8H,2-4,6H2,1H3. The highest BCUT2D eigenvalue weighted by atomic mass is 16.2. The predicted molar refractivity (Wildman–Crippen MR) is 35.4 cm³/mol. The first-order valence-corrected chi connectivity index (χ1v) is 3.01.